The predicted octanol–water partition coefficient (Wildman–Crippen LogP) is 2.50. The second kappa shape index (κ2) is 7.41. The summed E-state index contributed by atoms with van der Waals surface area (Å²) in [6.45, 7) is 2.58. The number of carbonyl (C=O) groups is 1. The molecule has 1 aliphatic heterocycles. The maximum Gasteiger partial charge on any atom is 0.316 e. The third-order valence-electron chi connectivity index (χ3n) is 4.28. The molecule has 134 valence electrons. The van der Waals surface area contributed by atoms with Gasteiger partial charge in [-0.15, -0.1) is 0 Å². The Kier molecular flexibility index (Phi) is 5.24. The largest absolute Gasteiger partial charge is 0.336 e. The van der Waals surface area contributed by atoms with Gasteiger partial charge in [-0.2, -0.15) is 0 Å². The van der Waals surface area contributed by atoms with E-state index in [1.807, 2.05) is 12.3 Å². The summed E-state index contributed by atoms with van der Waals surface area (Å²) in [7, 11) is 3.42. The molecule has 1 aromatic carbocycles. The van der Waals surface area contributed by atoms with Gasteiger partial charge in [0.2, 0.25) is 0 Å². The van der Waals surface area contributed by atoms with Crippen molar-refractivity contribution >= 4 is 17.6 Å². The van der Waals surface area contributed by atoms with Gasteiger partial charge in [0.05, 0.1) is 23.1 Å². The van der Waals surface area contributed by atoms with E-state index in [4.69, 9.17) is 11.6 Å². The third kappa shape index (κ3) is 4.11. The van der Waals surface area contributed by atoms with E-state index in [1.165, 1.54) is 11.0 Å². The van der Waals surface area contributed by atoms with Crippen LogP contribution >= 0.6 is 11.6 Å². The van der Waals surface area contributed by atoms with Crippen LogP contribution in [0.1, 0.15) is 17.3 Å². The summed E-state index contributed by atoms with van der Waals surface area (Å²) < 4.78 is 15.8. The van der Waals surface area contributed by atoms with E-state index in [9.17, 15) is 9.18 Å². The number of nitrogens with zero attached hydrogens (tertiary/aromatic N) is 4. The highest BCUT2D eigenvalue weighted by molar-refractivity contribution is 6.30. The molecule has 0 radical (unpaired) electrons. The number of amides is 2. The summed E-state index contributed by atoms with van der Waals surface area (Å²) in [6, 6.07) is 4.83. The number of urea groups is 1. The van der Waals surface area contributed by atoms with Crippen LogP contribution in [-0.2, 0) is 13.1 Å². The van der Waals surface area contributed by atoms with Crippen molar-refractivity contribution in [2.45, 2.75) is 19.1 Å². The highest BCUT2D eigenvalue weighted by atomic mass is 35.5. The van der Waals surface area contributed by atoms with Gasteiger partial charge in [0.25, 0.3) is 0 Å². The number of aromatic nitrogens is 2. The standard InChI is InChI=1S/C17H21ClFN5O/c1-22(2)17(25)21-7-14-10-23(9-13-6-20-11-24(13)14)8-12-3-4-15(18)16(19)5-12/h3-6,11,14H,7-10H2,1-2H3,(H,21,25)/t14-/m0/s1. The number of hydrogen-bond acceptors (Lipinski definition) is 3. The average molecular weight is 366 g/mol. The number of rotatable bonds is 4. The average Bonchev–Trinajstić information content (AvgIpc) is 3.04. The number of fused-ring (bicyclic) bond motifs is 1. The van der Waals surface area contributed by atoms with E-state index < -0.39 is 5.82 Å². The molecule has 3 rings (SSSR count). The molecule has 1 N–H and O–H groups in total. The van der Waals surface area contributed by atoms with Crippen LogP contribution in [0.2, 0.25) is 5.02 Å². The van der Waals surface area contributed by atoms with Gasteiger partial charge < -0.3 is 14.8 Å². The molecule has 1 aliphatic rings. The number of imidazole rings is 1. The van der Waals surface area contributed by atoms with Gasteiger partial charge in [-0.3, -0.25) is 4.90 Å². The lowest BCUT2D eigenvalue weighted by atomic mass is 10.1. The van der Waals surface area contributed by atoms with Crippen molar-refractivity contribution in [2.24, 2.45) is 0 Å². The topological polar surface area (TPSA) is 53.4 Å². The molecule has 2 heterocycles. The summed E-state index contributed by atoms with van der Waals surface area (Å²) >= 11 is 5.75. The number of carbonyl (C=O) groups excluding carboxylic acids is 1. The molecule has 0 spiro atoms. The Morgan fingerprint density at radius 3 is 3.00 bits per heavy atom. The normalized spacial score (nSPS) is 17.2. The molecule has 25 heavy (non-hydrogen) atoms. The highest BCUT2D eigenvalue weighted by Gasteiger charge is 2.25. The van der Waals surface area contributed by atoms with E-state index in [-0.39, 0.29) is 17.1 Å². The van der Waals surface area contributed by atoms with Gasteiger partial charge in [0.1, 0.15) is 5.82 Å². The van der Waals surface area contributed by atoms with Crippen molar-refractivity contribution < 1.29 is 9.18 Å². The van der Waals surface area contributed by atoms with Gasteiger partial charge in [0, 0.05) is 46.5 Å². The molecular formula is C17H21ClFN5O. The predicted molar refractivity (Wildman–Crippen MR) is 93.9 cm³/mol. The van der Waals surface area contributed by atoms with Crippen LogP contribution < -0.4 is 5.32 Å². The van der Waals surface area contributed by atoms with Crippen LogP contribution in [0.5, 0.6) is 0 Å². The van der Waals surface area contributed by atoms with Crippen molar-refractivity contribution in [1.82, 2.24) is 24.7 Å². The highest BCUT2D eigenvalue weighted by Crippen LogP contribution is 2.23. The molecule has 0 unspecified atom stereocenters. The first-order valence-corrected chi connectivity index (χ1v) is 8.44. The molecule has 6 nitrogen and oxygen atoms in total. The van der Waals surface area contributed by atoms with Crippen LogP contribution in [0.15, 0.2) is 30.7 Å². The van der Waals surface area contributed by atoms with E-state index in [1.54, 1.807) is 26.5 Å². The van der Waals surface area contributed by atoms with Crippen molar-refractivity contribution in [1.29, 1.82) is 0 Å². The van der Waals surface area contributed by atoms with Crippen LogP contribution in [0.3, 0.4) is 0 Å². The summed E-state index contributed by atoms with van der Waals surface area (Å²) in [6.07, 6.45) is 3.62. The Hall–Kier alpha value is -2.12. The first-order valence-electron chi connectivity index (χ1n) is 8.06. The maximum absolute atomic E-state index is 13.7. The fourth-order valence-corrected chi connectivity index (χ4v) is 3.12. The Morgan fingerprint density at radius 2 is 2.28 bits per heavy atom. The summed E-state index contributed by atoms with van der Waals surface area (Å²) in [5, 5.41) is 3.05. The van der Waals surface area contributed by atoms with Crippen LogP contribution in [-0.4, -0.2) is 52.6 Å². The van der Waals surface area contributed by atoms with Crippen molar-refractivity contribution in [3.05, 3.63) is 52.8 Å². The number of benzene rings is 1. The molecule has 0 fully saturated rings. The molecule has 2 aromatic rings. The zero-order valence-corrected chi connectivity index (χ0v) is 15.0. The van der Waals surface area contributed by atoms with Crippen LogP contribution in [0.25, 0.3) is 0 Å². The Morgan fingerprint density at radius 1 is 1.48 bits per heavy atom. The van der Waals surface area contributed by atoms with E-state index in [0.29, 0.717) is 13.1 Å². The third-order valence-corrected chi connectivity index (χ3v) is 4.59. The van der Waals surface area contributed by atoms with E-state index in [0.717, 1.165) is 24.3 Å². The quantitative estimate of drug-likeness (QED) is 0.905. The van der Waals surface area contributed by atoms with Crippen LogP contribution in [0.4, 0.5) is 9.18 Å². The molecule has 8 heteroatoms. The van der Waals surface area contributed by atoms with Gasteiger partial charge in [0.15, 0.2) is 0 Å². The molecule has 1 atom stereocenters. The molecule has 0 saturated heterocycles. The Balaban J connectivity index is 1.70. The van der Waals surface area contributed by atoms with Gasteiger partial charge in [-0.25, -0.2) is 14.2 Å². The van der Waals surface area contributed by atoms with Crippen LogP contribution in [0, 0.1) is 5.82 Å². The zero-order valence-electron chi connectivity index (χ0n) is 14.2. The zero-order chi connectivity index (χ0) is 18.0. The summed E-state index contributed by atoms with van der Waals surface area (Å²) in [4.78, 5) is 19.7. The van der Waals surface area contributed by atoms with Gasteiger partial charge >= 0.3 is 6.03 Å². The lowest BCUT2D eigenvalue weighted by Gasteiger charge is -2.34. The first kappa shape index (κ1) is 17.7. The van der Waals surface area contributed by atoms with Gasteiger partial charge in [-0.1, -0.05) is 17.7 Å². The molecule has 0 aliphatic carbocycles. The second-order valence-corrected chi connectivity index (χ2v) is 6.85. The SMILES string of the molecule is CN(C)C(=O)NC[C@H]1CN(Cc2ccc(Cl)c(F)c2)Cc2cncn21. The maximum atomic E-state index is 13.7. The van der Waals surface area contributed by atoms with Gasteiger partial charge in [-0.05, 0) is 17.7 Å². The molecule has 2 amide bonds. The number of nitrogens with one attached hydrogen (secondary N) is 1. The van der Waals surface area contributed by atoms with Crippen molar-refractivity contribution in [2.75, 3.05) is 27.2 Å². The fourth-order valence-electron chi connectivity index (χ4n) is 3.01. The molecule has 0 saturated carbocycles. The molecular weight excluding hydrogens is 345 g/mol. The van der Waals surface area contributed by atoms with Crippen molar-refractivity contribution in [3.63, 3.8) is 0 Å². The first-order chi connectivity index (χ1) is 11.9. The smallest absolute Gasteiger partial charge is 0.316 e. The monoisotopic (exact) mass is 365 g/mol. The summed E-state index contributed by atoms with van der Waals surface area (Å²) in [5.74, 6) is -0.406. The van der Waals surface area contributed by atoms with E-state index in [2.05, 4.69) is 19.8 Å². The lowest BCUT2D eigenvalue weighted by Crippen LogP contribution is -2.44. The molecule has 0 bridgehead atoms. The minimum atomic E-state index is -0.406. The molecule has 1 aromatic heterocycles. The second-order valence-electron chi connectivity index (χ2n) is 6.44. The number of halogens is 2. The lowest BCUT2D eigenvalue weighted by molar-refractivity contribution is 0.171. The fraction of sp³-hybridized carbons (Fsp3) is 0.412. The Bertz CT molecular complexity index is 763. The number of hydrogen-bond donors (Lipinski definition) is 1. The van der Waals surface area contributed by atoms with Crippen molar-refractivity contribution in [3.8, 4) is 0 Å². The minimum absolute atomic E-state index is 0.0762. The summed E-state index contributed by atoms with van der Waals surface area (Å²) in [5.41, 5.74) is 1.94. The van der Waals surface area contributed by atoms with E-state index >= 15 is 0 Å². The minimum Gasteiger partial charge on any atom is -0.336 e. The Labute approximate surface area is 151 Å².